The molecule has 0 radical (unpaired) electrons. The van der Waals surface area contributed by atoms with Gasteiger partial charge in [-0.25, -0.2) is 0 Å². The Labute approximate surface area is 254 Å². The van der Waals surface area contributed by atoms with Crippen LogP contribution in [0, 0.1) is 0 Å². The van der Waals surface area contributed by atoms with E-state index in [0.717, 1.165) is 32.1 Å². The normalized spacial score (nSPS) is 14.3. The monoisotopic (exact) mass is 600 g/mol. The Kier molecular flexibility index (Phi) is 20.8. The SMILES string of the molecule is CCCCCCCC/C=C\CCCCCC(CC(=O)O[C@H](CC(=O)OCOC)C[N+](C)(C)C)O[Si](C)(C)C(C)(C)C. The van der Waals surface area contributed by atoms with Gasteiger partial charge in [0.1, 0.15) is 6.54 Å². The molecule has 0 amide bonds. The largest absolute Gasteiger partial charge is 0.456 e. The van der Waals surface area contributed by atoms with Gasteiger partial charge in [0.15, 0.2) is 21.2 Å². The molecule has 0 fully saturated rings. The fourth-order valence-electron chi connectivity index (χ4n) is 4.43. The summed E-state index contributed by atoms with van der Waals surface area (Å²) in [6.07, 6.45) is 18.6. The molecule has 0 heterocycles. The van der Waals surface area contributed by atoms with Crippen molar-refractivity contribution in [1.29, 1.82) is 0 Å². The van der Waals surface area contributed by atoms with Crippen LogP contribution < -0.4 is 0 Å². The minimum atomic E-state index is -2.07. The molecule has 0 aliphatic carbocycles. The van der Waals surface area contributed by atoms with E-state index in [-0.39, 0.29) is 36.7 Å². The molecule has 0 bridgehead atoms. The van der Waals surface area contributed by atoms with Gasteiger partial charge in [0.05, 0.1) is 40.1 Å². The van der Waals surface area contributed by atoms with Gasteiger partial charge < -0.3 is 23.1 Å². The molecule has 0 aromatic heterocycles. The molecule has 2 atom stereocenters. The lowest BCUT2D eigenvalue weighted by molar-refractivity contribution is -0.873. The topological polar surface area (TPSA) is 71.1 Å². The van der Waals surface area contributed by atoms with E-state index in [1.54, 1.807) is 0 Å². The summed E-state index contributed by atoms with van der Waals surface area (Å²) in [4.78, 5) is 25.4. The summed E-state index contributed by atoms with van der Waals surface area (Å²) in [5, 5.41) is 0.0489. The summed E-state index contributed by atoms with van der Waals surface area (Å²) in [6, 6.07) is 0. The van der Waals surface area contributed by atoms with Gasteiger partial charge in [-0.05, 0) is 50.2 Å². The van der Waals surface area contributed by atoms with Crippen LogP contribution in [0.3, 0.4) is 0 Å². The fourth-order valence-corrected chi connectivity index (χ4v) is 5.82. The van der Waals surface area contributed by atoms with Gasteiger partial charge in [0, 0.05) is 7.11 Å². The number of hydrogen-bond donors (Lipinski definition) is 0. The van der Waals surface area contributed by atoms with Gasteiger partial charge in [-0.2, -0.15) is 0 Å². The van der Waals surface area contributed by atoms with Crippen LogP contribution in [0.1, 0.15) is 118 Å². The molecule has 8 heteroatoms. The predicted molar refractivity (Wildman–Crippen MR) is 172 cm³/mol. The second-order valence-electron chi connectivity index (χ2n) is 14.1. The summed E-state index contributed by atoms with van der Waals surface area (Å²) >= 11 is 0. The second-order valence-corrected chi connectivity index (χ2v) is 18.8. The smallest absolute Gasteiger partial charge is 0.311 e. The highest BCUT2D eigenvalue weighted by Crippen LogP contribution is 2.38. The summed E-state index contributed by atoms with van der Waals surface area (Å²) in [7, 11) is 5.42. The molecule has 0 rings (SSSR count). The molecule has 0 saturated carbocycles. The third kappa shape index (κ3) is 22.0. The van der Waals surface area contributed by atoms with Crippen LogP contribution in [0.25, 0.3) is 0 Å². The number of likely N-dealkylation sites (N-methyl/N-ethyl adjacent to an activating group) is 1. The Morgan fingerprint density at radius 1 is 0.805 bits per heavy atom. The number of allylic oxidation sites excluding steroid dienone is 2. The molecule has 0 N–H and O–H groups in total. The highest BCUT2D eigenvalue weighted by Gasteiger charge is 2.39. The quantitative estimate of drug-likeness (QED) is 0.0278. The van der Waals surface area contributed by atoms with Gasteiger partial charge in [-0.3, -0.25) is 9.59 Å². The number of carbonyl (C=O) groups excluding carboxylic acids is 2. The maximum atomic E-state index is 13.1. The Balaban J connectivity index is 4.91. The highest BCUT2D eigenvalue weighted by atomic mass is 28.4. The predicted octanol–water partition coefficient (Wildman–Crippen LogP) is 8.18. The summed E-state index contributed by atoms with van der Waals surface area (Å²) < 4.78 is 23.0. The molecular formula is C33H66NO6Si+. The molecule has 41 heavy (non-hydrogen) atoms. The lowest BCUT2D eigenvalue weighted by Gasteiger charge is -2.39. The number of quaternary nitrogens is 1. The molecular weight excluding hydrogens is 534 g/mol. The van der Waals surface area contributed by atoms with Gasteiger partial charge in [-0.15, -0.1) is 0 Å². The van der Waals surface area contributed by atoms with Crippen molar-refractivity contribution in [3.05, 3.63) is 12.2 Å². The number of esters is 2. The van der Waals surface area contributed by atoms with Crippen molar-refractivity contribution in [2.24, 2.45) is 0 Å². The lowest BCUT2D eigenvalue weighted by Crippen LogP contribution is -2.45. The zero-order valence-electron chi connectivity index (χ0n) is 28.5. The van der Waals surface area contributed by atoms with E-state index in [2.05, 4.69) is 52.9 Å². The lowest BCUT2D eigenvalue weighted by atomic mass is 10.1. The van der Waals surface area contributed by atoms with Crippen LogP contribution in [-0.2, 0) is 28.2 Å². The van der Waals surface area contributed by atoms with Crippen molar-refractivity contribution < 1.29 is 32.7 Å². The minimum absolute atomic E-state index is 0.00472. The maximum Gasteiger partial charge on any atom is 0.311 e. The van der Waals surface area contributed by atoms with Crippen LogP contribution in [-0.4, -0.2) is 78.5 Å². The van der Waals surface area contributed by atoms with Crippen molar-refractivity contribution in [3.8, 4) is 0 Å². The number of rotatable bonds is 24. The van der Waals surface area contributed by atoms with Crippen molar-refractivity contribution in [1.82, 2.24) is 0 Å². The zero-order chi connectivity index (χ0) is 31.4. The maximum absolute atomic E-state index is 13.1. The van der Waals surface area contributed by atoms with E-state index in [4.69, 9.17) is 18.6 Å². The molecule has 0 aromatic carbocycles. The van der Waals surface area contributed by atoms with Crippen LogP contribution >= 0.6 is 0 Å². The number of nitrogens with zero attached hydrogens (tertiary/aromatic N) is 1. The van der Waals surface area contributed by atoms with Gasteiger partial charge in [0.25, 0.3) is 0 Å². The Hall–Kier alpha value is -1.22. The van der Waals surface area contributed by atoms with E-state index in [1.165, 1.54) is 52.1 Å². The summed E-state index contributed by atoms with van der Waals surface area (Å²) in [5.41, 5.74) is 0. The third-order valence-electron chi connectivity index (χ3n) is 7.73. The molecule has 1 unspecified atom stereocenters. The highest BCUT2D eigenvalue weighted by molar-refractivity contribution is 6.74. The molecule has 0 aliphatic heterocycles. The van der Waals surface area contributed by atoms with Crippen LogP contribution in [0.15, 0.2) is 12.2 Å². The van der Waals surface area contributed by atoms with Crippen molar-refractivity contribution in [2.75, 3.05) is 41.6 Å². The van der Waals surface area contributed by atoms with Crippen LogP contribution in [0.2, 0.25) is 18.1 Å². The Bertz CT molecular complexity index is 726. The standard InChI is InChI=1S/C33H66NO6Si/c1-11-12-13-14-15-16-17-18-19-20-21-22-23-24-29(40-41(9,10)33(2,3)4)25-32(36)39-30(27-34(5,6)7)26-31(35)38-28-37-8/h18-19,29-30H,11-17,20-28H2,1-10H3/q+1/b19-18-/t29?,30-/m1/s1. The summed E-state index contributed by atoms with van der Waals surface area (Å²) in [6.45, 7) is 13.8. The number of methoxy groups -OCH3 is 1. The first-order valence-electron chi connectivity index (χ1n) is 16.1. The average Bonchev–Trinajstić information content (AvgIpc) is 2.83. The first-order chi connectivity index (χ1) is 19.1. The first kappa shape index (κ1) is 39.8. The van der Waals surface area contributed by atoms with Gasteiger partial charge >= 0.3 is 11.9 Å². The minimum Gasteiger partial charge on any atom is -0.456 e. The second kappa shape index (κ2) is 21.5. The number of unbranched alkanes of at least 4 members (excludes halogenated alkanes) is 9. The number of carbonyl (C=O) groups is 2. The van der Waals surface area contributed by atoms with Crippen molar-refractivity contribution in [3.63, 3.8) is 0 Å². The Morgan fingerprint density at radius 2 is 1.34 bits per heavy atom. The number of hydrogen-bond acceptors (Lipinski definition) is 6. The molecule has 0 aliphatic rings. The van der Waals surface area contributed by atoms with E-state index in [1.807, 2.05) is 21.1 Å². The average molecular weight is 601 g/mol. The molecule has 7 nitrogen and oxygen atoms in total. The van der Waals surface area contributed by atoms with Crippen molar-refractivity contribution >= 4 is 20.3 Å². The first-order valence-corrected chi connectivity index (χ1v) is 19.0. The number of ether oxygens (including phenoxy) is 3. The molecule has 0 saturated heterocycles. The molecule has 242 valence electrons. The van der Waals surface area contributed by atoms with Gasteiger partial charge in [-0.1, -0.05) is 84.8 Å². The van der Waals surface area contributed by atoms with Crippen LogP contribution in [0.4, 0.5) is 0 Å². The zero-order valence-corrected chi connectivity index (χ0v) is 29.5. The Morgan fingerprint density at radius 3 is 1.88 bits per heavy atom. The van der Waals surface area contributed by atoms with E-state index in [9.17, 15) is 9.59 Å². The van der Waals surface area contributed by atoms with Gasteiger partial charge in [0.2, 0.25) is 0 Å². The fraction of sp³-hybridized carbons (Fsp3) is 0.879. The molecule has 0 aromatic rings. The van der Waals surface area contributed by atoms with E-state index in [0.29, 0.717) is 11.0 Å². The summed E-state index contributed by atoms with van der Waals surface area (Å²) in [5.74, 6) is -0.752. The van der Waals surface area contributed by atoms with Crippen molar-refractivity contribution in [2.45, 2.75) is 148 Å². The third-order valence-corrected chi connectivity index (χ3v) is 12.3. The van der Waals surface area contributed by atoms with Crippen LogP contribution in [0.5, 0.6) is 0 Å². The van der Waals surface area contributed by atoms with E-state index < -0.39 is 20.4 Å². The van der Waals surface area contributed by atoms with E-state index >= 15 is 0 Å². The molecule has 0 spiro atoms.